The molecule has 28 heavy (non-hydrogen) atoms. The number of carbonyl (C=O) groups excluding carboxylic acids is 1. The van der Waals surface area contributed by atoms with Gasteiger partial charge in [0, 0.05) is 17.0 Å². The van der Waals surface area contributed by atoms with Gasteiger partial charge in [-0.3, -0.25) is 9.10 Å². The molecule has 1 N–H and O–H groups in total. The fraction of sp³-hybridized carbons (Fsp3) is 0.190. The Balaban J connectivity index is 1.61. The van der Waals surface area contributed by atoms with E-state index < -0.39 is 10.0 Å². The summed E-state index contributed by atoms with van der Waals surface area (Å²) in [6.07, 6.45) is 1.81. The van der Waals surface area contributed by atoms with Crippen molar-refractivity contribution in [2.24, 2.45) is 0 Å². The lowest BCUT2D eigenvalue weighted by molar-refractivity contribution is 0.0943. The third-order valence-corrected chi connectivity index (χ3v) is 6.95. The molecule has 1 aliphatic heterocycles. The minimum Gasteiger partial charge on any atom is -0.340 e. The first-order chi connectivity index (χ1) is 13.4. The molecule has 144 valence electrons. The number of carbonyl (C=O) groups is 1. The van der Waals surface area contributed by atoms with Crippen molar-refractivity contribution in [1.82, 2.24) is 5.32 Å². The Morgan fingerprint density at radius 2 is 1.89 bits per heavy atom. The van der Waals surface area contributed by atoms with Gasteiger partial charge in [-0.25, -0.2) is 8.42 Å². The van der Waals surface area contributed by atoms with E-state index in [0.717, 1.165) is 16.0 Å². The largest absolute Gasteiger partial charge is 0.340 e. The fourth-order valence-electron chi connectivity index (χ4n) is 3.49. The standard InChI is InChI=1S/C21H20N2O3S2/c1-28(25,26)23-12-11-16-14-17(9-10-18(16)23)21(24)22-20(19-8-5-13-27-19)15-6-3-2-4-7-15/h2-10,13-14,20H,11-12H2,1H3,(H,22,24). The van der Waals surface area contributed by atoms with E-state index in [-0.39, 0.29) is 11.9 Å². The zero-order chi connectivity index (χ0) is 19.7. The number of hydrogen-bond acceptors (Lipinski definition) is 4. The maximum absolute atomic E-state index is 13.0. The number of thiophene rings is 1. The molecule has 0 radical (unpaired) electrons. The summed E-state index contributed by atoms with van der Waals surface area (Å²) in [5.74, 6) is -0.178. The van der Waals surface area contributed by atoms with Crippen molar-refractivity contribution in [3.05, 3.63) is 87.6 Å². The van der Waals surface area contributed by atoms with Crippen LogP contribution in [0.1, 0.15) is 32.4 Å². The number of hydrogen-bond donors (Lipinski definition) is 1. The van der Waals surface area contributed by atoms with Crippen LogP contribution < -0.4 is 9.62 Å². The summed E-state index contributed by atoms with van der Waals surface area (Å²) >= 11 is 1.60. The van der Waals surface area contributed by atoms with E-state index in [0.29, 0.717) is 24.2 Å². The molecule has 0 saturated carbocycles. The molecule has 2 aromatic carbocycles. The van der Waals surface area contributed by atoms with Crippen LogP contribution in [0.25, 0.3) is 0 Å². The monoisotopic (exact) mass is 412 g/mol. The van der Waals surface area contributed by atoms with Gasteiger partial charge >= 0.3 is 0 Å². The number of nitrogens with one attached hydrogen (secondary N) is 1. The molecule has 1 amide bonds. The van der Waals surface area contributed by atoms with Gasteiger partial charge in [0.05, 0.1) is 18.0 Å². The molecule has 4 rings (SSSR count). The Hall–Kier alpha value is -2.64. The van der Waals surface area contributed by atoms with E-state index in [1.807, 2.05) is 47.8 Å². The van der Waals surface area contributed by atoms with Gasteiger partial charge < -0.3 is 5.32 Å². The number of fused-ring (bicyclic) bond motifs is 1. The summed E-state index contributed by atoms with van der Waals surface area (Å²) in [6.45, 7) is 0.418. The molecule has 0 fully saturated rings. The second-order valence-electron chi connectivity index (χ2n) is 6.76. The Bertz CT molecular complexity index is 1090. The second kappa shape index (κ2) is 7.41. The molecule has 0 spiro atoms. The Kier molecular flexibility index (Phi) is 4.95. The number of benzene rings is 2. The van der Waals surface area contributed by atoms with Gasteiger partial charge in [-0.05, 0) is 47.2 Å². The molecule has 1 aromatic heterocycles. The summed E-state index contributed by atoms with van der Waals surface area (Å²) in [5, 5.41) is 5.12. The summed E-state index contributed by atoms with van der Waals surface area (Å²) in [4.78, 5) is 14.0. The molecule has 0 saturated heterocycles. The van der Waals surface area contributed by atoms with Gasteiger partial charge in [-0.2, -0.15) is 0 Å². The predicted octanol–water partition coefficient (Wildman–Crippen LogP) is 3.59. The molecule has 1 unspecified atom stereocenters. The molecule has 0 bridgehead atoms. The lowest BCUT2D eigenvalue weighted by Crippen LogP contribution is -2.29. The third kappa shape index (κ3) is 3.68. The number of rotatable bonds is 5. The number of nitrogens with zero attached hydrogens (tertiary/aromatic N) is 1. The van der Waals surface area contributed by atoms with Crippen molar-refractivity contribution in [3.63, 3.8) is 0 Å². The van der Waals surface area contributed by atoms with Crippen molar-refractivity contribution in [2.45, 2.75) is 12.5 Å². The van der Waals surface area contributed by atoms with E-state index in [9.17, 15) is 13.2 Å². The Morgan fingerprint density at radius 3 is 2.57 bits per heavy atom. The van der Waals surface area contributed by atoms with Crippen LogP contribution in [0.2, 0.25) is 0 Å². The molecular weight excluding hydrogens is 392 g/mol. The van der Waals surface area contributed by atoms with Crippen LogP contribution in [0.4, 0.5) is 5.69 Å². The average Bonchev–Trinajstić information content (AvgIpc) is 3.35. The third-order valence-electron chi connectivity index (χ3n) is 4.83. The number of amides is 1. The first-order valence-corrected chi connectivity index (χ1v) is 11.7. The van der Waals surface area contributed by atoms with Gasteiger partial charge in [0.1, 0.15) is 0 Å². The minimum atomic E-state index is -3.30. The van der Waals surface area contributed by atoms with Gasteiger partial charge in [-0.1, -0.05) is 36.4 Å². The highest BCUT2D eigenvalue weighted by atomic mass is 32.2. The quantitative estimate of drug-likeness (QED) is 0.696. The zero-order valence-electron chi connectivity index (χ0n) is 15.3. The van der Waals surface area contributed by atoms with Crippen molar-refractivity contribution in [2.75, 3.05) is 17.1 Å². The van der Waals surface area contributed by atoms with Crippen molar-refractivity contribution in [1.29, 1.82) is 0 Å². The lowest BCUT2D eigenvalue weighted by Gasteiger charge is -2.19. The van der Waals surface area contributed by atoms with Crippen molar-refractivity contribution < 1.29 is 13.2 Å². The molecule has 0 aliphatic carbocycles. The fourth-order valence-corrected chi connectivity index (χ4v) is 5.25. The van der Waals surface area contributed by atoms with Crippen LogP contribution in [0.5, 0.6) is 0 Å². The summed E-state index contributed by atoms with van der Waals surface area (Å²) < 4.78 is 25.2. The van der Waals surface area contributed by atoms with E-state index in [1.54, 1.807) is 29.5 Å². The summed E-state index contributed by atoms with van der Waals surface area (Å²) in [7, 11) is -3.30. The number of sulfonamides is 1. The second-order valence-corrected chi connectivity index (χ2v) is 9.65. The van der Waals surface area contributed by atoms with Gasteiger partial charge in [-0.15, -0.1) is 11.3 Å². The van der Waals surface area contributed by atoms with Gasteiger partial charge in [0.25, 0.3) is 5.91 Å². The Labute approximate surface area is 168 Å². The molecule has 5 nitrogen and oxygen atoms in total. The van der Waals surface area contributed by atoms with E-state index in [1.165, 1.54) is 10.6 Å². The summed E-state index contributed by atoms with van der Waals surface area (Å²) in [6, 6.07) is 18.8. The van der Waals surface area contributed by atoms with E-state index in [2.05, 4.69) is 5.32 Å². The van der Waals surface area contributed by atoms with Crippen LogP contribution in [-0.2, 0) is 16.4 Å². The average molecular weight is 413 g/mol. The van der Waals surface area contributed by atoms with Crippen LogP contribution in [-0.4, -0.2) is 27.1 Å². The molecule has 7 heteroatoms. The lowest BCUT2D eigenvalue weighted by atomic mass is 10.0. The van der Waals surface area contributed by atoms with Gasteiger partial charge in [0.15, 0.2) is 0 Å². The highest BCUT2D eigenvalue weighted by Gasteiger charge is 2.27. The SMILES string of the molecule is CS(=O)(=O)N1CCc2cc(C(=O)NC(c3ccccc3)c3cccs3)ccc21. The normalized spacial score (nSPS) is 14.5. The maximum Gasteiger partial charge on any atom is 0.252 e. The van der Waals surface area contributed by atoms with Crippen LogP contribution in [0, 0.1) is 0 Å². The predicted molar refractivity (Wildman–Crippen MR) is 112 cm³/mol. The molecule has 3 aromatic rings. The van der Waals surface area contributed by atoms with Crippen LogP contribution >= 0.6 is 11.3 Å². The van der Waals surface area contributed by atoms with Crippen molar-refractivity contribution >= 4 is 33.0 Å². The van der Waals surface area contributed by atoms with Crippen molar-refractivity contribution in [3.8, 4) is 0 Å². The summed E-state index contributed by atoms with van der Waals surface area (Å²) in [5.41, 5.74) is 3.09. The topological polar surface area (TPSA) is 66.5 Å². The molecular formula is C21H20N2O3S2. The molecule has 2 heterocycles. The molecule has 1 atom stereocenters. The minimum absolute atomic E-state index is 0.178. The van der Waals surface area contributed by atoms with Crippen LogP contribution in [0.15, 0.2) is 66.0 Å². The Morgan fingerprint density at radius 1 is 1.11 bits per heavy atom. The number of anilines is 1. The highest BCUT2D eigenvalue weighted by Crippen LogP contribution is 2.31. The first kappa shape index (κ1) is 18.7. The smallest absolute Gasteiger partial charge is 0.252 e. The zero-order valence-corrected chi connectivity index (χ0v) is 17.0. The van der Waals surface area contributed by atoms with E-state index in [4.69, 9.17) is 0 Å². The molecule has 1 aliphatic rings. The van der Waals surface area contributed by atoms with E-state index >= 15 is 0 Å². The first-order valence-electron chi connectivity index (χ1n) is 8.93. The van der Waals surface area contributed by atoms with Crippen LogP contribution in [0.3, 0.4) is 0 Å². The maximum atomic E-state index is 13.0. The highest BCUT2D eigenvalue weighted by molar-refractivity contribution is 7.92. The van der Waals surface area contributed by atoms with Gasteiger partial charge in [0.2, 0.25) is 10.0 Å².